The Labute approximate surface area is 147 Å². The van der Waals surface area contributed by atoms with Crippen LogP contribution >= 0.6 is 22.9 Å². The Morgan fingerprint density at radius 3 is 3.04 bits per heavy atom. The van der Waals surface area contributed by atoms with E-state index in [-0.39, 0.29) is 18.3 Å². The number of carbonyl (C=O) groups excluding carboxylic acids is 1. The fourth-order valence-electron chi connectivity index (χ4n) is 2.27. The zero-order chi connectivity index (χ0) is 17.1. The van der Waals surface area contributed by atoms with Crippen molar-refractivity contribution < 1.29 is 13.9 Å². The van der Waals surface area contributed by atoms with Gasteiger partial charge in [0.15, 0.2) is 0 Å². The second-order valence-corrected chi connectivity index (χ2v) is 6.40. The van der Waals surface area contributed by atoms with Crippen molar-refractivity contribution in [3.63, 3.8) is 0 Å². The van der Waals surface area contributed by atoms with Gasteiger partial charge in [0.1, 0.15) is 10.7 Å². The Bertz CT molecular complexity index is 897. The molecule has 2 aromatic heterocycles. The molecule has 24 heavy (non-hydrogen) atoms. The number of rotatable bonds is 5. The predicted octanol–water partition coefficient (Wildman–Crippen LogP) is 4.42. The van der Waals surface area contributed by atoms with Crippen molar-refractivity contribution in [1.29, 1.82) is 0 Å². The molecule has 124 valence electrons. The van der Waals surface area contributed by atoms with E-state index in [2.05, 4.69) is 10.3 Å². The summed E-state index contributed by atoms with van der Waals surface area (Å²) in [4.78, 5) is 16.9. The lowest BCUT2D eigenvalue weighted by molar-refractivity contribution is 0.0955. The summed E-state index contributed by atoms with van der Waals surface area (Å²) in [6, 6.07) is 7.89. The highest BCUT2D eigenvalue weighted by Gasteiger charge is 2.18. The number of aromatic nitrogens is 1. The van der Waals surface area contributed by atoms with E-state index < -0.39 is 0 Å². The second-order valence-electron chi connectivity index (χ2n) is 4.97. The maximum atomic E-state index is 13.3. The Morgan fingerprint density at radius 1 is 1.42 bits per heavy atom. The van der Waals surface area contributed by atoms with Crippen LogP contribution in [0.1, 0.15) is 22.2 Å². The molecule has 2 heterocycles. The molecule has 0 fully saturated rings. The van der Waals surface area contributed by atoms with Crippen LogP contribution in [-0.4, -0.2) is 17.5 Å². The minimum Gasteiger partial charge on any atom is -0.478 e. The largest absolute Gasteiger partial charge is 0.478 e. The van der Waals surface area contributed by atoms with Gasteiger partial charge in [-0.2, -0.15) is 0 Å². The quantitative estimate of drug-likeness (QED) is 0.729. The fraction of sp³-hybridized carbons (Fsp3) is 0.176. The number of ether oxygens (including phenoxy) is 1. The first-order chi connectivity index (χ1) is 11.6. The van der Waals surface area contributed by atoms with Crippen LogP contribution in [0, 0.1) is 5.82 Å². The van der Waals surface area contributed by atoms with Crippen molar-refractivity contribution in [3.8, 4) is 5.88 Å². The van der Waals surface area contributed by atoms with E-state index in [0.717, 1.165) is 16.9 Å². The monoisotopic (exact) mass is 364 g/mol. The molecule has 7 heteroatoms. The lowest BCUT2D eigenvalue weighted by Crippen LogP contribution is -2.22. The van der Waals surface area contributed by atoms with E-state index in [1.807, 2.05) is 13.0 Å². The molecule has 1 N–H and O–H groups in total. The van der Waals surface area contributed by atoms with Crippen LogP contribution in [0.5, 0.6) is 5.88 Å². The number of thiophene rings is 1. The van der Waals surface area contributed by atoms with Crippen molar-refractivity contribution in [3.05, 3.63) is 57.8 Å². The molecule has 0 atom stereocenters. The third-order valence-corrected chi connectivity index (χ3v) is 5.02. The number of amides is 1. The molecule has 0 saturated carbocycles. The molecule has 0 unspecified atom stereocenters. The lowest BCUT2D eigenvalue weighted by Gasteiger charge is -2.09. The van der Waals surface area contributed by atoms with Gasteiger partial charge >= 0.3 is 0 Å². The van der Waals surface area contributed by atoms with Gasteiger partial charge in [-0.15, -0.1) is 11.3 Å². The topological polar surface area (TPSA) is 51.2 Å². The SMILES string of the molecule is CCOc1ncccc1CNC(=O)c1sc2cc(F)ccc2c1Cl. The average Bonchev–Trinajstić information content (AvgIpc) is 2.90. The third-order valence-electron chi connectivity index (χ3n) is 3.37. The van der Waals surface area contributed by atoms with E-state index in [1.54, 1.807) is 18.3 Å². The predicted molar refractivity (Wildman–Crippen MR) is 93.4 cm³/mol. The summed E-state index contributed by atoms with van der Waals surface area (Å²) in [5, 5.41) is 3.81. The minimum atomic E-state index is -0.357. The van der Waals surface area contributed by atoms with Crippen LogP contribution in [-0.2, 0) is 6.54 Å². The second kappa shape index (κ2) is 7.15. The van der Waals surface area contributed by atoms with Crippen molar-refractivity contribution in [2.75, 3.05) is 6.61 Å². The molecule has 3 aromatic rings. The summed E-state index contributed by atoms with van der Waals surface area (Å²) in [6.45, 7) is 2.62. The Kier molecular flexibility index (Phi) is 4.97. The number of benzene rings is 1. The van der Waals surface area contributed by atoms with Crippen molar-refractivity contribution >= 4 is 38.9 Å². The summed E-state index contributed by atoms with van der Waals surface area (Å²) in [7, 11) is 0. The Morgan fingerprint density at radius 2 is 2.25 bits per heavy atom. The van der Waals surface area contributed by atoms with Crippen molar-refractivity contribution in [2.24, 2.45) is 0 Å². The van der Waals surface area contributed by atoms with Gasteiger partial charge in [-0.05, 0) is 31.2 Å². The summed E-state index contributed by atoms with van der Waals surface area (Å²) in [5.74, 6) is -0.179. The number of hydrogen-bond donors (Lipinski definition) is 1. The van der Waals surface area contributed by atoms with Gasteiger partial charge < -0.3 is 10.1 Å². The molecule has 4 nitrogen and oxygen atoms in total. The summed E-state index contributed by atoms with van der Waals surface area (Å²) < 4.78 is 19.4. The maximum Gasteiger partial charge on any atom is 0.263 e. The fourth-order valence-corrected chi connectivity index (χ4v) is 3.72. The average molecular weight is 365 g/mol. The zero-order valence-corrected chi connectivity index (χ0v) is 14.4. The minimum absolute atomic E-state index is 0.265. The van der Waals surface area contributed by atoms with Crippen LogP contribution in [0.25, 0.3) is 10.1 Å². The van der Waals surface area contributed by atoms with Gasteiger partial charge in [-0.3, -0.25) is 4.79 Å². The molecule has 3 rings (SSSR count). The highest BCUT2D eigenvalue weighted by Crippen LogP contribution is 2.35. The number of nitrogens with one attached hydrogen (secondary N) is 1. The van der Waals surface area contributed by atoms with Gasteiger partial charge in [0.2, 0.25) is 5.88 Å². The highest BCUT2D eigenvalue weighted by molar-refractivity contribution is 7.21. The first-order valence-electron chi connectivity index (χ1n) is 7.32. The normalized spacial score (nSPS) is 10.8. The standard InChI is InChI=1S/C17H14ClFN2O2S/c1-2-23-17-10(4-3-7-20-17)9-21-16(22)15-14(18)12-6-5-11(19)8-13(12)24-15/h3-8H,2,9H2,1H3,(H,21,22). The first-order valence-corrected chi connectivity index (χ1v) is 8.52. The zero-order valence-electron chi connectivity index (χ0n) is 12.8. The van der Waals surface area contributed by atoms with Gasteiger partial charge in [0.05, 0.1) is 11.6 Å². The van der Waals surface area contributed by atoms with Crippen molar-refractivity contribution in [2.45, 2.75) is 13.5 Å². The highest BCUT2D eigenvalue weighted by atomic mass is 35.5. The first kappa shape index (κ1) is 16.7. The number of carbonyl (C=O) groups is 1. The van der Waals surface area contributed by atoms with Crippen LogP contribution < -0.4 is 10.1 Å². The van der Waals surface area contributed by atoms with E-state index in [9.17, 15) is 9.18 Å². The molecule has 0 spiro atoms. The van der Waals surface area contributed by atoms with Crippen LogP contribution in [0.3, 0.4) is 0 Å². The Balaban J connectivity index is 1.80. The molecule has 0 aliphatic rings. The number of nitrogens with zero attached hydrogens (tertiary/aromatic N) is 1. The smallest absolute Gasteiger partial charge is 0.263 e. The van der Waals surface area contributed by atoms with E-state index in [0.29, 0.717) is 32.5 Å². The maximum absolute atomic E-state index is 13.3. The van der Waals surface area contributed by atoms with Gasteiger partial charge in [-0.1, -0.05) is 17.7 Å². The van der Waals surface area contributed by atoms with Crippen LogP contribution in [0.15, 0.2) is 36.5 Å². The molecular weight excluding hydrogens is 351 g/mol. The summed E-state index contributed by atoms with van der Waals surface area (Å²) in [6.07, 6.45) is 1.63. The molecule has 0 saturated heterocycles. The van der Waals surface area contributed by atoms with E-state index >= 15 is 0 Å². The molecule has 0 bridgehead atoms. The Hall–Kier alpha value is -2.18. The number of fused-ring (bicyclic) bond motifs is 1. The molecule has 1 amide bonds. The number of halogens is 2. The third kappa shape index (κ3) is 3.34. The lowest BCUT2D eigenvalue weighted by atomic mass is 10.2. The van der Waals surface area contributed by atoms with Gasteiger partial charge in [0, 0.05) is 28.4 Å². The summed E-state index contributed by atoms with van der Waals surface area (Å²) in [5.41, 5.74) is 0.774. The van der Waals surface area contributed by atoms with E-state index in [1.165, 1.54) is 12.1 Å². The molecule has 0 radical (unpaired) electrons. The number of hydrogen-bond acceptors (Lipinski definition) is 4. The molecule has 1 aromatic carbocycles. The van der Waals surface area contributed by atoms with E-state index in [4.69, 9.17) is 16.3 Å². The number of pyridine rings is 1. The van der Waals surface area contributed by atoms with Gasteiger partial charge in [-0.25, -0.2) is 9.37 Å². The van der Waals surface area contributed by atoms with Gasteiger partial charge in [0.25, 0.3) is 5.91 Å². The van der Waals surface area contributed by atoms with Crippen molar-refractivity contribution in [1.82, 2.24) is 10.3 Å². The van der Waals surface area contributed by atoms with Crippen LogP contribution in [0.4, 0.5) is 4.39 Å². The molecular formula is C17H14ClFN2O2S. The summed E-state index contributed by atoms with van der Waals surface area (Å²) >= 11 is 7.42. The molecule has 0 aliphatic carbocycles. The van der Waals surface area contributed by atoms with Crippen LogP contribution in [0.2, 0.25) is 5.02 Å². The molecule has 0 aliphatic heterocycles.